The first-order valence-electron chi connectivity index (χ1n) is 9.50. The summed E-state index contributed by atoms with van der Waals surface area (Å²) in [6, 6.07) is 7.35. The van der Waals surface area contributed by atoms with Gasteiger partial charge in [0.05, 0.1) is 4.90 Å². The van der Waals surface area contributed by atoms with Crippen LogP contribution in [-0.4, -0.2) is 48.7 Å². The zero-order valence-electron chi connectivity index (χ0n) is 14.6. The van der Waals surface area contributed by atoms with Crippen molar-refractivity contribution in [3.8, 4) is 0 Å². The normalized spacial score (nSPS) is 22.4. The van der Waals surface area contributed by atoms with E-state index in [0.717, 1.165) is 38.5 Å². The number of hydrogen-bond donors (Lipinski definition) is 0. The van der Waals surface area contributed by atoms with Gasteiger partial charge in [-0.25, -0.2) is 8.42 Å². The highest BCUT2D eigenvalue weighted by Crippen LogP contribution is 2.35. The Morgan fingerprint density at radius 2 is 1.60 bits per heavy atom. The van der Waals surface area contributed by atoms with E-state index in [1.165, 1.54) is 17.1 Å². The average Bonchev–Trinajstić information content (AvgIpc) is 3.07. The highest BCUT2D eigenvalue weighted by Gasteiger charge is 2.39. The number of rotatable bonds is 5. The van der Waals surface area contributed by atoms with Crippen molar-refractivity contribution in [1.82, 2.24) is 9.21 Å². The van der Waals surface area contributed by atoms with Crippen LogP contribution in [0.2, 0.25) is 0 Å². The number of carbonyl (C=O) groups is 1. The molecule has 1 aromatic rings. The molecule has 0 atom stereocenters. The lowest BCUT2D eigenvalue weighted by Crippen LogP contribution is -2.40. The van der Waals surface area contributed by atoms with Crippen LogP contribution in [0.25, 0.3) is 0 Å². The smallest absolute Gasteiger partial charge is 0.254 e. The van der Waals surface area contributed by atoms with Gasteiger partial charge in [0.1, 0.15) is 0 Å². The summed E-state index contributed by atoms with van der Waals surface area (Å²) >= 11 is 0. The van der Waals surface area contributed by atoms with Gasteiger partial charge in [0.15, 0.2) is 0 Å². The van der Waals surface area contributed by atoms with Crippen LogP contribution in [0.1, 0.15) is 61.7 Å². The highest BCUT2D eigenvalue weighted by molar-refractivity contribution is 7.89. The Kier molecular flexibility index (Phi) is 4.58. The second-order valence-corrected chi connectivity index (χ2v) is 9.46. The second kappa shape index (κ2) is 6.72. The number of carbonyl (C=O) groups excluding carboxylic acids is 1. The lowest BCUT2D eigenvalue weighted by Gasteiger charge is -2.29. The fraction of sp³-hybridized carbons (Fsp3) is 0.632. The topological polar surface area (TPSA) is 57.7 Å². The third-order valence-corrected chi connectivity index (χ3v) is 7.57. The molecule has 3 aliphatic rings. The van der Waals surface area contributed by atoms with Crippen molar-refractivity contribution >= 4 is 15.9 Å². The predicted molar refractivity (Wildman–Crippen MR) is 95.9 cm³/mol. The Morgan fingerprint density at radius 3 is 2.24 bits per heavy atom. The lowest BCUT2D eigenvalue weighted by atomic mass is 10.1. The molecule has 1 heterocycles. The van der Waals surface area contributed by atoms with Gasteiger partial charge in [-0.05, 0) is 56.7 Å². The van der Waals surface area contributed by atoms with Gasteiger partial charge in [-0.2, -0.15) is 4.31 Å². The number of benzene rings is 1. The standard InChI is InChI=1S/C19H26N2O3S/c22-19(21(17-10-11-17)16-7-1-2-8-16)15-6-5-9-18(14-15)25(23,24)20-12-3-4-13-20/h5-6,9,14,16-17H,1-4,7-8,10-13H2. The molecule has 0 radical (unpaired) electrons. The SMILES string of the molecule is O=C(c1cccc(S(=O)(=O)N2CCCC2)c1)N(C1CCCC1)C1CC1. The van der Waals surface area contributed by atoms with Gasteiger partial charge in [-0.15, -0.1) is 0 Å². The number of amides is 1. The van der Waals surface area contributed by atoms with Crippen LogP contribution < -0.4 is 0 Å². The van der Waals surface area contributed by atoms with Gasteiger partial charge < -0.3 is 4.90 Å². The van der Waals surface area contributed by atoms with E-state index >= 15 is 0 Å². The van der Waals surface area contributed by atoms with Crippen LogP contribution in [0.4, 0.5) is 0 Å². The fourth-order valence-electron chi connectivity index (χ4n) is 4.18. The minimum atomic E-state index is -3.48. The Balaban J connectivity index is 1.61. The average molecular weight is 362 g/mol. The zero-order valence-corrected chi connectivity index (χ0v) is 15.4. The molecule has 1 aliphatic heterocycles. The van der Waals surface area contributed by atoms with Gasteiger partial charge in [0, 0.05) is 30.7 Å². The van der Waals surface area contributed by atoms with Crippen LogP contribution in [0.3, 0.4) is 0 Å². The highest BCUT2D eigenvalue weighted by atomic mass is 32.2. The third kappa shape index (κ3) is 3.34. The van der Waals surface area contributed by atoms with E-state index < -0.39 is 10.0 Å². The Hall–Kier alpha value is -1.40. The Morgan fingerprint density at radius 1 is 0.960 bits per heavy atom. The molecule has 0 aromatic heterocycles. The number of sulfonamides is 1. The molecule has 0 N–H and O–H groups in total. The zero-order chi connectivity index (χ0) is 17.4. The monoisotopic (exact) mass is 362 g/mol. The fourth-order valence-corrected chi connectivity index (χ4v) is 5.74. The molecule has 2 aliphatic carbocycles. The van der Waals surface area contributed by atoms with Gasteiger partial charge >= 0.3 is 0 Å². The largest absolute Gasteiger partial charge is 0.333 e. The van der Waals surface area contributed by atoms with E-state index in [2.05, 4.69) is 4.90 Å². The van der Waals surface area contributed by atoms with Crippen molar-refractivity contribution in [2.45, 2.75) is 68.3 Å². The molecule has 0 unspecified atom stereocenters. The summed E-state index contributed by atoms with van der Waals surface area (Å²) in [5.41, 5.74) is 0.513. The molecule has 1 amide bonds. The third-order valence-electron chi connectivity index (χ3n) is 5.68. The first kappa shape index (κ1) is 17.0. The minimum absolute atomic E-state index is 0.00729. The quantitative estimate of drug-likeness (QED) is 0.809. The minimum Gasteiger partial charge on any atom is -0.333 e. The molecule has 25 heavy (non-hydrogen) atoms. The van der Waals surface area contributed by atoms with Crippen LogP contribution in [-0.2, 0) is 10.0 Å². The molecule has 0 spiro atoms. The maximum Gasteiger partial charge on any atom is 0.254 e. The van der Waals surface area contributed by atoms with Crippen LogP contribution >= 0.6 is 0 Å². The van der Waals surface area contributed by atoms with E-state index in [1.54, 1.807) is 24.3 Å². The molecule has 1 aromatic carbocycles. The summed E-state index contributed by atoms with van der Waals surface area (Å²) in [5, 5.41) is 0. The Labute approximate surface area is 150 Å². The van der Waals surface area contributed by atoms with E-state index in [0.29, 0.717) is 30.7 Å². The second-order valence-electron chi connectivity index (χ2n) is 7.52. The van der Waals surface area contributed by atoms with Crippen molar-refractivity contribution < 1.29 is 13.2 Å². The summed E-state index contributed by atoms with van der Waals surface area (Å²) in [5.74, 6) is 0.00729. The molecule has 2 saturated carbocycles. The van der Waals surface area contributed by atoms with Crippen molar-refractivity contribution in [2.24, 2.45) is 0 Å². The van der Waals surface area contributed by atoms with E-state index in [1.807, 2.05) is 0 Å². The number of hydrogen-bond acceptors (Lipinski definition) is 3. The summed E-state index contributed by atoms with van der Waals surface area (Å²) in [6.07, 6.45) is 8.50. The first-order chi connectivity index (χ1) is 12.1. The molecule has 1 saturated heterocycles. The molecular formula is C19H26N2O3S. The van der Waals surface area contributed by atoms with Gasteiger partial charge in [-0.3, -0.25) is 4.79 Å². The molecule has 3 fully saturated rings. The van der Waals surface area contributed by atoms with E-state index in [4.69, 9.17) is 0 Å². The summed E-state index contributed by atoms with van der Waals surface area (Å²) < 4.78 is 27.1. The van der Waals surface area contributed by atoms with Crippen molar-refractivity contribution in [2.75, 3.05) is 13.1 Å². The molecule has 6 heteroatoms. The molecule has 0 bridgehead atoms. The maximum atomic E-state index is 13.1. The molecule has 4 rings (SSSR count). The van der Waals surface area contributed by atoms with Crippen molar-refractivity contribution in [3.05, 3.63) is 29.8 Å². The molecule has 136 valence electrons. The van der Waals surface area contributed by atoms with E-state index in [9.17, 15) is 13.2 Å². The summed E-state index contributed by atoms with van der Waals surface area (Å²) in [6.45, 7) is 1.16. The van der Waals surface area contributed by atoms with E-state index in [-0.39, 0.29) is 10.8 Å². The van der Waals surface area contributed by atoms with Crippen molar-refractivity contribution in [1.29, 1.82) is 0 Å². The van der Waals surface area contributed by atoms with Gasteiger partial charge in [-0.1, -0.05) is 18.9 Å². The maximum absolute atomic E-state index is 13.1. The van der Waals surface area contributed by atoms with Gasteiger partial charge in [0.25, 0.3) is 5.91 Å². The Bertz CT molecular complexity index is 746. The molecule has 5 nitrogen and oxygen atoms in total. The van der Waals surface area contributed by atoms with Crippen LogP contribution in [0.5, 0.6) is 0 Å². The summed E-state index contributed by atoms with van der Waals surface area (Å²) in [7, 11) is -3.48. The number of nitrogens with zero attached hydrogens (tertiary/aromatic N) is 2. The first-order valence-corrected chi connectivity index (χ1v) is 10.9. The predicted octanol–water partition coefficient (Wildman–Crippen LogP) is 3.02. The molecular weight excluding hydrogens is 336 g/mol. The van der Waals surface area contributed by atoms with Gasteiger partial charge in [0.2, 0.25) is 10.0 Å². The van der Waals surface area contributed by atoms with Crippen LogP contribution in [0.15, 0.2) is 29.2 Å². The summed E-state index contributed by atoms with van der Waals surface area (Å²) in [4.78, 5) is 15.4. The lowest BCUT2D eigenvalue weighted by molar-refractivity contribution is 0.0664. The van der Waals surface area contributed by atoms with Crippen molar-refractivity contribution in [3.63, 3.8) is 0 Å². The van der Waals surface area contributed by atoms with Crippen LogP contribution in [0, 0.1) is 0 Å².